The topological polar surface area (TPSA) is 82.7 Å². The summed E-state index contributed by atoms with van der Waals surface area (Å²) in [7, 11) is 0. The number of benzene rings is 1. The van der Waals surface area contributed by atoms with Crippen LogP contribution in [-0.2, 0) is 6.54 Å². The monoisotopic (exact) mass is 381 g/mol. The van der Waals surface area contributed by atoms with Gasteiger partial charge in [-0.15, -0.1) is 0 Å². The molecule has 1 aromatic carbocycles. The molecule has 9 heteroatoms. The molecule has 7 nitrogen and oxygen atoms in total. The molecule has 28 heavy (non-hydrogen) atoms. The van der Waals surface area contributed by atoms with E-state index in [9.17, 15) is 8.78 Å². The van der Waals surface area contributed by atoms with Crippen LogP contribution in [-0.4, -0.2) is 43.7 Å². The standard InChI is InChI=1S/C19H17F2N7/c20-14-3-4-27(10-14)9-13-1-2-17(16(21)5-13)28-11-19(25-12-28)26-18-8-23-15(6-22)7-24-18/h1-2,5,7-8,11-12,14H,3-4,9-10H2,(H,24,26)/t14-/m1/s1. The van der Waals surface area contributed by atoms with Crippen molar-refractivity contribution in [2.45, 2.75) is 19.1 Å². The van der Waals surface area contributed by atoms with E-state index in [-0.39, 0.29) is 11.5 Å². The van der Waals surface area contributed by atoms with Gasteiger partial charge in [-0.1, -0.05) is 6.07 Å². The van der Waals surface area contributed by atoms with Crippen molar-refractivity contribution < 1.29 is 8.78 Å². The summed E-state index contributed by atoms with van der Waals surface area (Å²) in [6.07, 6.45) is 5.64. The van der Waals surface area contributed by atoms with Crippen molar-refractivity contribution >= 4 is 11.6 Å². The molecule has 1 atom stereocenters. The fourth-order valence-corrected chi connectivity index (χ4v) is 3.15. The number of alkyl halides is 1. The van der Waals surface area contributed by atoms with Crippen LogP contribution in [0.4, 0.5) is 20.4 Å². The average molecular weight is 381 g/mol. The Morgan fingerprint density at radius 3 is 2.79 bits per heavy atom. The highest BCUT2D eigenvalue weighted by Gasteiger charge is 2.21. The van der Waals surface area contributed by atoms with Gasteiger partial charge >= 0.3 is 0 Å². The molecule has 1 fully saturated rings. The molecule has 0 saturated carbocycles. The van der Waals surface area contributed by atoms with Gasteiger partial charge in [0, 0.05) is 19.6 Å². The molecule has 3 aromatic rings. The summed E-state index contributed by atoms with van der Waals surface area (Å²) in [6, 6.07) is 6.88. The number of hydrogen-bond acceptors (Lipinski definition) is 6. The maximum Gasteiger partial charge on any atom is 0.158 e. The van der Waals surface area contributed by atoms with Crippen molar-refractivity contribution in [3.8, 4) is 11.8 Å². The molecule has 4 rings (SSSR count). The summed E-state index contributed by atoms with van der Waals surface area (Å²) >= 11 is 0. The first-order chi connectivity index (χ1) is 13.6. The lowest BCUT2D eigenvalue weighted by Gasteiger charge is -2.15. The molecule has 1 aliphatic heterocycles. The summed E-state index contributed by atoms with van der Waals surface area (Å²) in [4.78, 5) is 14.2. The Hall–Kier alpha value is -3.38. The Morgan fingerprint density at radius 2 is 2.11 bits per heavy atom. The third-order valence-electron chi connectivity index (χ3n) is 4.52. The van der Waals surface area contributed by atoms with Crippen LogP contribution in [0, 0.1) is 17.1 Å². The van der Waals surface area contributed by atoms with E-state index < -0.39 is 6.17 Å². The fourth-order valence-electron chi connectivity index (χ4n) is 3.15. The zero-order valence-electron chi connectivity index (χ0n) is 14.9. The molecule has 0 amide bonds. The van der Waals surface area contributed by atoms with Crippen LogP contribution in [0.5, 0.6) is 0 Å². The largest absolute Gasteiger partial charge is 0.322 e. The van der Waals surface area contributed by atoms with Crippen molar-refractivity contribution in [1.82, 2.24) is 24.4 Å². The van der Waals surface area contributed by atoms with Crippen molar-refractivity contribution in [1.29, 1.82) is 5.26 Å². The van der Waals surface area contributed by atoms with E-state index in [4.69, 9.17) is 5.26 Å². The quantitative estimate of drug-likeness (QED) is 0.732. The second kappa shape index (κ2) is 7.70. The third-order valence-corrected chi connectivity index (χ3v) is 4.52. The zero-order valence-corrected chi connectivity index (χ0v) is 14.9. The number of likely N-dealkylation sites (tertiary alicyclic amines) is 1. The van der Waals surface area contributed by atoms with E-state index in [0.29, 0.717) is 43.4 Å². The molecular formula is C19H17F2N7. The van der Waals surface area contributed by atoms with Gasteiger partial charge in [-0.25, -0.2) is 23.7 Å². The minimum absolute atomic E-state index is 0.217. The lowest BCUT2D eigenvalue weighted by atomic mass is 10.2. The first kappa shape index (κ1) is 18.0. The van der Waals surface area contributed by atoms with Gasteiger partial charge in [0.15, 0.2) is 5.69 Å². The molecule has 0 unspecified atom stereocenters. The molecule has 142 valence electrons. The van der Waals surface area contributed by atoms with Crippen molar-refractivity contribution in [3.63, 3.8) is 0 Å². The number of hydrogen-bond donors (Lipinski definition) is 1. The zero-order chi connectivity index (χ0) is 19.5. The Labute approximate surface area is 160 Å². The van der Waals surface area contributed by atoms with Crippen LogP contribution in [0.3, 0.4) is 0 Å². The van der Waals surface area contributed by atoms with Gasteiger partial charge in [-0.3, -0.25) is 4.90 Å². The number of nitriles is 1. The Balaban J connectivity index is 1.46. The number of halogens is 2. The number of nitrogens with one attached hydrogen (secondary N) is 1. The minimum Gasteiger partial charge on any atom is -0.322 e. The lowest BCUT2D eigenvalue weighted by Crippen LogP contribution is -2.20. The smallest absolute Gasteiger partial charge is 0.158 e. The first-order valence-electron chi connectivity index (χ1n) is 8.79. The predicted molar refractivity (Wildman–Crippen MR) is 98.3 cm³/mol. The second-order valence-electron chi connectivity index (χ2n) is 6.60. The molecular weight excluding hydrogens is 364 g/mol. The van der Waals surface area contributed by atoms with Gasteiger partial charge in [-0.2, -0.15) is 5.26 Å². The van der Waals surface area contributed by atoms with E-state index in [1.54, 1.807) is 16.8 Å². The normalized spacial score (nSPS) is 16.8. The summed E-state index contributed by atoms with van der Waals surface area (Å²) in [5.74, 6) is 0.515. The average Bonchev–Trinajstić information content (AvgIpc) is 3.31. The number of rotatable bonds is 5. The Morgan fingerprint density at radius 1 is 1.21 bits per heavy atom. The van der Waals surface area contributed by atoms with Crippen LogP contribution in [0.2, 0.25) is 0 Å². The molecule has 1 N–H and O–H groups in total. The maximum absolute atomic E-state index is 14.6. The second-order valence-corrected chi connectivity index (χ2v) is 6.60. The SMILES string of the molecule is N#Cc1cnc(Nc2cn(-c3ccc(CN4CC[C@@H](F)C4)cc3F)cn2)cn1. The fraction of sp³-hybridized carbons (Fsp3) is 0.263. The van der Waals surface area contributed by atoms with Gasteiger partial charge in [-0.05, 0) is 24.1 Å². The van der Waals surface area contributed by atoms with Gasteiger partial charge < -0.3 is 9.88 Å². The van der Waals surface area contributed by atoms with Gasteiger partial charge in [0.1, 0.15) is 36.0 Å². The molecule has 0 bridgehead atoms. The molecule has 3 heterocycles. The van der Waals surface area contributed by atoms with E-state index in [2.05, 4.69) is 20.3 Å². The van der Waals surface area contributed by atoms with Crippen LogP contribution < -0.4 is 5.32 Å². The van der Waals surface area contributed by atoms with Gasteiger partial charge in [0.25, 0.3) is 0 Å². The molecule has 1 saturated heterocycles. The number of aromatic nitrogens is 4. The van der Waals surface area contributed by atoms with E-state index in [1.807, 2.05) is 17.0 Å². The Kier molecular flexibility index (Phi) is 4.95. The van der Waals surface area contributed by atoms with Gasteiger partial charge in [0.2, 0.25) is 0 Å². The number of nitrogens with zero attached hydrogens (tertiary/aromatic N) is 6. The number of imidazole rings is 1. The van der Waals surface area contributed by atoms with E-state index in [1.165, 1.54) is 24.8 Å². The highest BCUT2D eigenvalue weighted by molar-refractivity contribution is 5.51. The molecule has 1 aliphatic rings. The van der Waals surface area contributed by atoms with E-state index >= 15 is 0 Å². The van der Waals surface area contributed by atoms with Crippen LogP contribution in [0.15, 0.2) is 43.1 Å². The van der Waals surface area contributed by atoms with Crippen molar-refractivity contribution in [2.75, 3.05) is 18.4 Å². The summed E-state index contributed by atoms with van der Waals surface area (Å²) in [5, 5.41) is 11.7. The number of anilines is 2. The van der Waals surface area contributed by atoms with Crippen LogP contribution in [0.1, 0.15) is 17.7 Å². The molecule has 0 radical (unpaired) electrons. The summed E-state index contributed by atoms with van der Waals surface area (Å²) < 4.78 is 29.4. The highest BCUT2D eigenvalue weighted by atomic mass is 19.1. The van der Waals surface area contributed by atoms with Crippen molar-refractivity contribution in [2.24, 2.45) is 0 Å². The first-order valence-corrected chi connectivity index (χ1v) is 8.79. The third kappa shape index (κ3) is 3.97. The highest BCUT2D eigenvalue weighted by Crippen LogP contribution is 2.21. The van der Waals surface area contributed by atoms with Crippen LogP contribution in [0.25, 0.3) is 5.69 Å². The van der Waals surface area contributed by atoms with Crippen molar-refractivity contribution in [3.05, 3.63) is 60.2 Å². The summed E-state index contributed by atoms with van der Waals surface area (Å²) in [5.41, 5.74) is 1.39. The maximum atomic E-state index is 14.6. The lowest BCUT2D eigenvalue weighted by molar-refractivity contribution is 0.282. The van der Waals surface area contributed by atoms with E-state index in [0.717, 1.165) is 5.56 Å². The predicted octanol–water partition coefficient (Wildman–Crippen LogP) is 2.96. The molecule has 0 spiro atoms. The van der Waals surface area contributed by atoms with Crippen LogP contribution >= 0.6 is 0 Å². The van der Waals surface area contributed by atoms with Gasteiger partial charge in [0.05, 0.1) is 24.3 Å². The molecule has 2 aromatic heterocycles. The minimum atomic E-state index is -0.790. The Bertz CT molecular complexity index is 1010. The molecule has 0 aliphatic carbocycles. The summed E-state index contributed by atoms with van der Waals surface area (Å²) in [6.45, 7) is 1.63.